The van der Waals surface area contributed by atoms with E-state index < -0.39 is 11.6 Å². The van der Waals surface area contributed by atoms with Crippen LogP contribution in [0.5, 0.6) is 0 Å². The Bertz CT molecular complexity index is 751. The largest absolute Gasteiger partial charge is 0.203 e. The molecule has 0 nitrogen and oxygen atoms in total. The lowest BCUT2D eigenvalue weighted by Crippen LogP contribution is -2.06. The van der Waals surface area contributed by atoms with Gasteiger partial charge in [-0.15, -0.1) is 0 Å². The van der Waals surface area contributed by atoms with E-state index in [0.717, 1.165) is 18.4 Å². The molecule has 2 aromatic rings. The van der Waals surface area contributed by atoms with Crippen molar-refractivity contribution in [2.45, 2.75) is 43.3 Å². The van der Waals surface area contributed by atoms with E-state index in [0.29, 0.717) is 17.0 Å². The zero-order chi connectivity index (χ0) is 19.3. The quantitative estimate of drug-likeness (QED) is 0.346. The third-order valence-electron chi connectivity index (χ3n) is 4.40. The van der Waals surface area contributed by atoms with E-state index in [1.165, 1.54) is 0 Å². The molecule has 0 saturated carbocycles. The summed E-state index contributed by atoms with van der Waals surface area (Å²) in [6.45, 7) is 6.26. The summed E-state index contributed by atoms with van der Waals surface area (Å²) in [5.41, 5.74) is 2.33. The van der Waals surface area contributed by atoms with Crippen LogP contribution < -0.4 is 0 Å². The van der Waals surface area contributed by atoms with Crippen LogP contribution in [0.2, 0.25) is 0 Å². The lowest BCUT2D eigenvalue weighted by atomic mass is 9.99. The highest BCUT2D eigenvalue weighted by atomic mass is 79.9. The zero-order valence-electron chi connectivity index (χ0n) is 15.3. The number of hydrogen-bond acceptors (Lipinski definition) is 0. The van der Waals surface area contributed by atoms with Crippen molar-refractivity contribution >= 4 is 37.9 Å². The van der Waals surface area contributed by atoms with Crippen molar-refractivity contribution in [2.24, 2.45) is 5.92 Å². The second kappa shape index (κ2) is 9.80. The monoisotopic (exact) mass is 484 g/mol. The number of alkyl halides is 2. The molecule has 4 heteroatoms. The summed E-state index contributed by atoms with van der Waals surface area (Å²) in [7, 11) is 0. The lowest BCUT2D eigenvalue weighted by Gasteiger charge is -2.15. The van der Waals surface area contributed by atoms with Crippen molar-refractivity contribution in [3.05, 3.63) is 65.2 Å². The predicted octanol–water partition coefficient (Wildman–Crippen LogP) is 8.30. The van der Waals surface area contributed by atoms with Crippen LogP contribution >= 0.6 is 31.9 Å². The molecule has 3 atom stereocenters. The van der Waals surface area contributed by atoms with Crippen molar-refractivity contribution in [1.82, 2.24) is 0 Å². The first kappa shape index (κ1) is 21.3. The molecule has 2 aromatic carbocycles. The summed E-state index contributed by atoms with van der Waals surface area (Å²) >= 11 is 6.80. The van der Waals surface area contributed by atoms with Gasteiger partial charge in [-0.05, 0) is 23.5 Å². The fourth-order valence-electron chi connectivity index (χ4n) is 2.85. The highest BCUT2D eigenvalue weighted by Crippen LogP contribution is 2.36. The van der Waals surface area contributed by atoms with Crippen LogP contribution in [0.1, 0.15) is 49.6 Å². The van der Waals surface area contributed by atoms with Crippen molar-refractivity contribution in [3.8, 4) is 11.1 Å². The first-order chi connectivity index (χ1) is 12.3. The maximum atomic E-state index is 14.6. The van der Waals surface area contributed by atoms with E-state index in [4.69, 9.17) is 0 Å². The standard InChI is InChI=1S/C22H24Br2F2/c1-4-5-14(2)6-7-16-8-10-17(11-9-16)18-12-13-19(20(24)15(3)23)22(26)21(18)25/h6-15,20H,4-5H2,1-3H3. The highest BCUT2D eigenvalue weighted by Gasteiger charge is 2.22. The van der Waals surface area contributed by atoms with Crippen molar-refractivity contribution < 1.29 is 8.78 Å². The Hall–Kier alpha value is -1.000. The van der Waals surface area contributed by atoms with Gasteiger partial charge in [-0.25, -0.2) is 8.78 Å². The highest BCUT2D eigenvalue weighted by molar-refractivity contribution is 9.12. The first-order valence-electron chi connectivity index (χ1n) is 8.89. The minimum atomic E-state index is -0.806. The van der Waals surface area contributed by atoms with Crippen molar-refractivity contribution in [2.75, 3.05) is 0 Å². The van der Waals surface area contributed by atoms with Crippen molar-refractivity contribution in [3.63, 3.8) is 0 Å². The maximum absolute atomic E-state index is 14.6. The molecular formula is C22H24Br2F2. The summed E-state index contributed by atoms with van der Waals surface area (Å²) in [6.07, 6.45) is 6.59. The molecule has 3 unspecified atom stereocenters. The van der Waals surface area contributed by atoms with Crippen LogP contribution in [0.25, 0.3) is 17.2 Å². The van der Waals surface area contributed by atoms with E-state index in [1.54, 1.807) is 12.1 Å². The Kier molecular flexibility index (Phi) is 8.03. The molecule has 0 saturated heterocycles. The maximum Gasteiger partial charge on any atom is 0.166 e. The zero-order valence-corrected chi connectivity index (χ0v) is 18.4. The molecule has 2 rings (SSSR count). The molecule has 0 aliphatic heterocycles. The normalized spacial score (nSPS) is 15.2. The Morgan fingerprint density at radius 3 is 2.19 bits per heavy atom. The summed E-state index contributed by atoms with van der Waals surface area (Å²) in [4.78, 5) is -0.299. The molecular weight excluding hydrogens is 462 g/mol. The molecule has 0 fully saturated rings. The van der Waals surface area contributed by atoms with E-state index in [2.05, 4.69) is 57.9 Å². The van der Waals surface area contributed by atoms with Gasteiger partial charge >= 0.3 is 0 Å². The van der Waals surface area contributed by atoms with Crippen LogP contribution in [0.15, 0.2) is 42.5 Å². The van der Waals surface area contributed by atoms with E-state index >= 15 is 0 Å². The number of halogens is 4. The van der Waals surface area contributed by atoms with Crippen LogP contribution in [0, 0.1) is 17.6 Å². The Morgan fingerprint density at radius 2 is 1.62 bits per heavy atom. The van der Waals surface area contributed by atoms with Crippen LogP contribution in [0.4, 0.5) is 8.78 Å². The van der Waals surface area contributed by atoms with Crippen molar-refractivity contribution in [1.29, 1.82) is 0 Å². The van der Waals surface area contributed by atoms with Gasteiger partial charge < -0.3 is 0 Å². The summed E-state index contributed by atoms with van der Waals surface area (Å²) < 4.78 is 29.1. The minimum Gasteiger partial charge on any atom is -0.203 e. The van der Waals surface area contributed by atoms with Gasteiger partial charge in [0, 0.05) is 16.0 Å². The Labute approximate surface area is 172 Å². The van der Waals surface area contributed by atoms with Gasteiger partial charge in [0.25, 0.3) is 0 Å². The number of benzene rings is 2. The van der Waals surface area contributed by atoms with E-state index in [1.807, 2.05) is 31.2 Å². The SMILES string of the molecule is CCCC(C)C=Cc1ccc(-c2ccc(C(Br)C(C)Br)c(F)c2F)cc1. The van der Waals surface area contributed by atoms with Gasteiger partial charge in [-0.3, -0.25) is 0 Å². The van der Waals surface area contributed by atoms with Crippen LogP contribution in [-0.4, -0.2) is 4.83 Å². The number of allylic oxidation sites excluding steroid dienone is 1. The molecule has 0 spiro atoms. The first-order valence-corrected chi connectivity index (χ1v) is 10.7. The smallest absolute Gasteiger partial charge is 0.166 e. The average molecular weight is 486 g/mol. The molecule has 0 heterocycles. The molecule has 0 radical (unpaired) electrons. The van der Waals surface area contributed by atoms with Crippen LogP contribution in [-0.2, 0) is 0 Å². The average Bonchev–Trinajstić information content (AvgIpc) is 2.62. The van der Waals surface area contributed by atoms with Gasteiger partial charge in [-0.2, -0.15) is 0 Å². The Balaban J connectivity index is 2.25. The van der Waals surface area contributed by atoms with Gasteiger partial charge in [0.15, 0.2) is 11.6 Å². The van der Waals surface area contributed by atoms with Gasteiger partial charge in [0.1, 0.15) is 0 Å². The second-order valence-electron chi connectivity index (χ2n) is 6.66. The Morgan fingerprint density at radius 1 is 0.962 bits per heavy atom. The molecule has 0 N–H and O–H groups in total. The number of hydrogen-bond donors (Lipinski definition) is 0. The molecule has 0 bridgehead atoms. The third-order valence-corrected chi connectivity index (χ3v) is 6.92. The molecule has 0 amide bonds. The molecule has 0 aromatic heterocycles. The van der Waals surface area contributed by atoms with E-state index in [-0.39, 0.29) is 15.2 Å². The summed E-state index contributed by atoms with van der Waals surface area (Å²) in [5, 5.41) is 0. The van der Waals surface area contributed by atoms with Gasteiger partial charge in [-0.1, -0.05) is 108 Å². The molecule has 0 aliphatic rings. The topological polar surface area (TPSA) is 0 Å². The molecule has 26 heavy (non-hydrogen) atoms. The number of rotatable bonds is 7. The minimum absolute atomic E-state index is 0.0107. The van der Waals surface area contributed by atoms with Crippen LogP contribution in [0.3, 0.4) is 0 Å². The van der Waals surface area contributed by atoms with Gasteiger partial charge in [0.2, 0.25) is 0 Å². The van der Waals surface area contributed by atoms with Gasteiger partial charge in [0.05, 0.1) is 4.83 Å². The molecule has 0 aliphatic carbocycles. The predicted molar refractivity (Wildman–Crippen MR) is 115 cm³/mol. The fourth-order valence-corrected chi connectivity index (χ4v) is 3.49. The van der Waals surface area contributed by atoms with E-state index in [9.17, 15) is 8.78 Å². The second-order valence-corrected chi connectivity index (χ2v) is 9.09. The summed E-state index contributed by atoms with van der Waals surface area (Å²) in [6, 6.07) is 10.8. The molecule has 140 valence electrons. The summed E-state index contributed by atoms with van der Waals surface area (Å²) in [5.74, 6) is -1.07. The third kappa shape index (κ3) is 5.26. The fraction of sp³-hybridized carbons (Fsp3) is 0.364. The lowest BCUT2D eigenvalue weighted by molar-refractivity contribution is 0.501.